The first kappa shape index (κ1) is 6.85. The lowest BCUT2D eigenvalue weighted by molar-refractivity contribution is 0.0768. The summed E-state index contributed by atoms with van der Waals surface area (Å²) in [5, 5.41) is 9.55. The van der Waals surface area contributed by atoms with Gasteiger partial charge in [-0.05, 0) is 26.2 Å². The maximum Gasteiger partial charge on any atom is 0.132 e. The van der Waals surface area contributed by atoms with Crippen LogP contribution in [0.25, 0.3) is 0 Å². The molecular weight excluding hydrogens is 140 g/mol. The van der Waals surface area contributed by atoms with Crippen molar-refractivity contribution in [2.24, 2.45) is 0 Å². The number of hydrogen-bond acceptors (Lipinski definition) is 2. The van der Waals surface area contributed by atoms with Crippen molar-refractivity contribution < 1.29 is 5.11 Å². The first-order valence-corrected chi connectivity index (χ1v) is 4.00. The number of nitrogens with zero attached hydrogens (tertiary/aromatic N) is 2. The zero-order chi connectivity index (χ0) is 7.84. The molecule has 0 radical (unpaired) electrons. The third-order valence-corrected chi connectivity index (χ3v) is 2.25. The molecule has 0 spiro atoms. The average molecular weight is 152 g/mol. The van der Waals surface area contributed by atoms with Crippen LogP contribution in [0.15, 0.2) is 6.20 Å². The molecule has 3 nitrogen and oxygen atoms in total. The molecule has 1 aliphatic rings. The summed E-state index contributed by atoms with van der Waals surface area (Å²) in [6, 6.07) is 0. The van der Waals surface area contributed by atoms with E-state index in [9.17, 15) is 5.11 Å². The van der Waals surface area contributed by atoms with Gasteiger partial charge in [0.15, 0.2) is 0 Å². The van der Waals surface area contributed by atoms with E-state index in [0.717, 1.165) is 25.1 Å². The van der Waals surface area contributed by atoms with Crippen LogP contribution in [0.5, 0.6) is 0 Å². The second-order valence-corrected chi connectivity index (χ2v) is 3.04. The van der Waals surface area contributed by atoms with Crippen LogP contribution >= 0.6 is 0 Å². The summed E-state index contributed by atoms with van der Waals surface area (Å²) in [4.78, 5) is 4.15. The third kappa shape index (κ3) is 0.959. The van der Waals surface area contributed by atoms with Gasteiger partial charge < -0.3 is 9.67 Å². The monoisotopic (exact) mass is 152 g/mol. The molecule has 1 atom stereocenters. The minimum Gasteiger partial charge on any atom is -0.373 e. The molecule has 0 aromatic carbocycles. The molecule has 2 heterocycles. The van der Waals surface area contributed by atoms with Crippen LogP contribution in [0.2, 0.25) is 0 Å². The largest absolute Gasteiger partial charge is 0.373 e. The van der Waals surface area contributed by atoms with E-state index in [-0.39, 0.29) is 6.23 Å². The van der Waals surface area contributed by atoms with E-state index in [1.807, 2.05) is 17.7 Å². The first-order chi connectivity index (χ1) is 5.29. The van der Waals surface area contributed by atoms with E-state index >= 15 is 0 Å². The van der Waals surface area contributed by atoms with Crippen molar-refractivity contribution in [3.63, 3.8) is 0 Å². The van der Waals surface area contributed by atoms with Crippen LogP contribution in [-0.4, -0.2) is 14.7 Å². The van der Waals surface area contributed by atoms with Gasteiger partial charge in [-0.25, -0.2) is 4.98 Å². The van der Waals surface area contributed by atoms with Gasteiger partial charge in [0.2, 0.25) is 0 Å². The number of imidazole rings is 1. The lowest BCUT2D eigenvalue weighted by atomic mass is 10.1. The van der Waals surface area contributed by atoms with E-state index in [2.05, 4.69) is 4.98 Å². The van der Waals surface area contributed by atoms with Crippen molar-refractivity contribution in [1.82, 2.24) is 9.55 Å². The zero-order valence-electron chi connectivity index (χ0n) is 6.62. The summed E-state index contributed by atoms with van der Waals surface area (Å²) in [5.74, 6) is 0.923. The van der Waals surface area contributed by atoms with Gasteiger partial charge in [-0.2, -0.15) is 0 Å². The lowest BCUT2D eigenvalue weighted by Gasteiger charge is -2.21. The number of aliphatic hydroxyl groups is 1. The topological polar surface area (TPSA) is 38.0 Å². The molecule has 60 valence electrons. The summed E-state index contributed by atoms with van der Waals surface area (Å²) >= 11 is 0. The Bertz CT molecular complexity index is 267. The van der Waals surface area contributed by atoms with Gasteiger partial charge in [-0.15, -0.1) is 0 Å². The van der Waals surface area contributed by atoms with Crippen molar-refractivity contribution >= 4 is 0 Å². The molecule has 0 amide bonds. The summed E-state index contributed by atoms with van der Waals surface area (Å²) in [6.07, 6.45) is 4.52. The highest BCUT2D eigenvalue weighted by atomic mass is 16.3. The van der Waals surface area contributed by atoms with Crippen molar-refractivity contribution in [1.29, 1.82) is 0 Å². The molecule has 1 aliphatic heterocycles. The molecule has 1 N–H and O–H groups in total. The molecule has 0 aliphatic carbocycles. The minimum atomic E-state index is -0.332. The highest BCUT2D eigenvalue weighted by Crippen LogP contribution is 2.23. The van der Waals surface area contributed by atoms with Crippen LogP contribution in [-0.2, 0) is 6.42 Å². The first-order valence-electron chi connectivity index (χ1n) is 4.00. The molecule has 0 saturated carbocycles. The Kier molecular flexibility index (Phi) is 1.46. The number of aliphatic hydroxyl groups excluding tert-OH is 1. The number of fused-ring (bicyclic) bond motifs is 1. The van der Waals surface area contributed by atoms with Crippen molar-refractivity contribution in [3.05, 3.63) is 17.7 Å². The highest BCUT2D eigenvalue weighted by Gasteiger charge is 2.18. The van der Waals surface area contributed by atoms with Gasteiger partial charge in [0.25, 0.3) is 0 Å². The van der Waals surface area contributed by atoms with Crippen LogP contribution in [0, 0.1) is 6.92 Å². The smallest absolute Gasteiger partial charge is 0.132 e. The Morgan fingerprint density at radius 1 is 1.73 bits per heavy atom. The average Bonchev–Trinajstić information content (AvgIpc) is 2.34. The maximum atomic E-state index is 9.55. The third-order valence-electron chi connectivity index (χ3n) is 2.25. The molecule has 0 bridgehead atoms. The normalized spacial score (nSPS) is 23.3. The summed E-state index contributed by atoms with van der Waals surface area (Å²) in [6.45, 7) is 1.93. The maximum absolute atomic E-state index is 9.55. The Balaban J connectivity index is 2.48. The lowest BCUT2D eigenvalue weighted by Crippen LogP contribution is -2.17. The molecule has 2 rings (SSSR count). The van der Waals surface area contributed by atoms with Gasteiger partial charge >= 0.3 is 0 Å². The second-order valence-electron chi connectivity index (χ2n) is 3.04. The predicted octanol–water partition coefficient (Wildman–Crippen LogP) is 1.02. The fraction of sp³-hybridized carbons (Fsp3) is 0.625. The van der Waals surface area contributed by atoms with Crippen LogP contribution in [0.4, 0.5) is 0 Å². The number of rotatable bonds is 0. The Morgan fingerprint density at radius 3 is 3.27 bits per heavy atom. The quantitative estimate of drug-likeness (QED) is 0.602. The van der Waals surface area contributed by atoms with Crippen molar-refractivity contribution in [2.45, 2.75) is 32.4 Å². The van der Waals surface area contributed by atoms with E-state index in [1.165, 1.54) is 5.69 Å². The fourth-order valence-electron chi connectivity index (χ4n) is 1.69. The molecule has 1 unspecified atom stereocenters. The molecule has 1 aromatic heterocycles. The zero-order valence-corrected chi connectivity index (χ0v) is 6.62. The second kappa shape index (κ2) is 2.34. The van der Waals surface area contributed by atoms with Crippen LogP contribution < -0.4 is 0 Å². The fourth-order valence-corrected chi connectivity index (χ4v) is 1.69. The molecule has 11 heavy (non-hydrogen) atoms. The van der Waals surface area contributed by atoms with Gasteiger partial charge in [-0.3, -0.25) is 0 Å². The minimum absolute atomic E-state index is 0.332. The van der Waals surface area contributed by atoms with Gasteiger partial charge in [0, 0.05) is 11.9 Å². The number of hydrogen-bond donors (Lipinski definition) is 1. The highest BCUT2D eigenvalue weighted by molar-refractivity contribution is 5.07. The Morgan fingerprint density at radius 2 is 2.55 bits per heavy atom. The standard InChI is InChI=1S/C8H12N2O/c1-6-9-5-7-3-2-4-8(11)10(6)7/h5,8,11H,2-4H2,1H3. The molecule has 0 saturated heterocycles. The molecule has 3 heteroatoms. The van der Waals surface area contributed by atoms with Crippen molar-refractivity contribution in [3.8, 4) is 0 Å². The Hall–Kier alpha value is -0.830. The number of aromatic nitrogens is 2. The van der Waals surface area contributed by atoms with E-state index in [0.29, 0.717) is 0 Å². The van der Waals surface area contributed by atoms with Gasteiger partial charge in [-0.1, -0.05) is 0 Å². The van der Waals surface area contributed by atoms with E-state index in [4.69, 9.17) is 0 Å². The van der Waals surface area contributed by atoms with Crippen molar-refractivity contribution in [2.75, 3.05) is 0 Å². The van der Waals surface area contributed by atoms with Crippen LogP contribution in [0.1, 0.15) is 30.6 Å². The Labute approximate surface area is 65.7 Å². The van der Waals surface area contributed by atoms with E-state index in [1.54, 1.807) is 0 Å². The van der Waals surface area contributed by atoms with E-state index < -0.39 is 0 Å². The summed E-state index contributed by atoms with van der Waals surface area (Å²) in [7, 11) is 0. The summed E-state index contributed by atoms with van der Waals surface area (Å²) < 4.78 is 1.92. The molecule has 0 fully saturated rings. The SMILES string of the molecule is Cc1ncc2n1C(O)CCC2. The molecule has 1 aromatic rings. The van der Waals surface area contributed by atoms with Crippen LogP contribution in [0.3, 0.4) is 0 Å². The number of aryl methyl sites for hydroxylation is 2. The van der Waals surface area contributed by atoms with Gasteiger partial charge in [0.05, 0.1) is 0 Å². The molecular formula is C8H12N2O. The van der Waals surface area contributed by atoms with Gasteiger partial charge in [0.1, 0.15) is 12.1 Å². The summed E-state index contributed by atoms with van der Waals surface area (Å²) in [5.41, 5.74) is 1.17. The predicted molar refractivity (Wildman–Crippen MR) is 41.2 cm³/mol.